The van der Waals surface area contributed by atoms with Crippen molar-refractivity contribution in [2.45, 2.75) is 107 Å². The predicted octanol–water partition coefficient (Wildman–Crippen LogP) is 1.51. The molecule has 10 N–H and O–H groups in total. The van der Waals surface area contributed by atoms with E-state index in [2.05, 4.69) is 21.5 Å². The number of nitrogens with zero attached hydrogens (tertiary/aromatic N) is 3. The molecule has 4 unspecified atom stereocenters. The van der Waals surface area contributed by atoms with Crippen LogP contribution in [0.25, 0.3) is 0 Å². The van der Waals surface area contributed by atoms with E-state index in [9.17, 15) is 5.11 Å². The van der Waals surface area contributed by atoms with Crippen molar-refractivity contribution in [1.29, 1.82) is 0 Å². The molecule has 2 rings (SSSR count). The second kappa shape index (κ2) is 17.9. The molecule has 2 heterocycles. The molecule has 0 amide bonds. The van der Waals surface area contributed by atoms with Crippen LogP contribution in [0.1, 0.15) is 89.9 Å². The summed E-state index contributed by atoms with van der Waals surface area (Å²) >= 11 is 1.84. The number of allylic oxidation sites excluding steroid dienone is 1. The van der Waals surface area contributed by atoms with E-state index in [1.165, 1.54) is 44.9 Å². The van der Waals surface area contributed by atoms with Crippen molar-refractivity contribution in [3.8, 4) is 0 Å². The molecule has 0 aliphatic carbocycles. The fourth-order valence-corrected chi connectivity index (χ4v) is 7.25. The highest BCUT2D eigenvalue weighted by molar-refractivity contribution is 8.00. The summed E-state index contributed by atoms with van der Waals surface area (Å²) in [6.45, 7) is 8.32. The Kier molecular flexibility index (Phi) is 15.4. The quantitative estimate of drug-likeness (QED) is 0.0592. The van der Waals surface area contributed by atoms with Crippen LogP contribution in [0.15, 0.2) is 22.6 Å². The van der Waals surface area contributed by atoms with Gasteiger partial charge in [0.2, 0.25) is 0 Å². The molecule has 2 aliphatic rings. The Morgan fingerprint density at radius 3 is 2.27 bits per heavy atom. The number of hydrogen-bond donors (Lipinski definition) is 6. The second-order valence-electron chi connectivity index (χ2n) is 10.7. The second-order valence-corrected chi connectivity index (χ2v) is 12.0. The monoisotopic (exact) mass is 539 g/mol. The minimum atomic E-state index is -0.748. The van der Waals surface area contributed by atoms with E-state index in [4.69, 9.17) is 22.9 Å². The van der Waals surface area contributed by atoms with E-state index < -0.39 is 5.72 Å². The smallest absolute Gasteiger partial charge is 0.185 e. The van der Waals surface area contributed by atoms with Crippen molar-refractivity contribution >= 4 is 23.7 Å². The third kappa shape index (κ3) is 11.4. The number of hydrogen-bond acceptors (Lipinski definition) is 5. The third-order valence-corrected chi connectivity index (χ3v) is 9.19. The van der Waals surface area contributed by atoms with Crippen LogP contribution in [-0.2, 0) is 0 Å². The zero-order valence-corrected chi connectivity index (χ0v) is 23.9. The van der Waals surface area contributed by atoms with E-state index in [-0.39, 0.29) is 17.2 Å². The number of thioether (sulfide) groups is 1. The van der Waals surface area contributed by atoms with E-state index >= 15 is 0 Å². The first-order valence-corrected chi connectivity index (χ1v) is 15.6. The molecule has 0 saturated carbocycles. The lowest BCUT2D eigenvalue weighted by Gasteiger charge is -2.43. The number of quaternary nitrogens is 1. The number of unbranched alkanes of at least 4 members (excludes halogenated alkanes) is 9. The first kappa shape index (κ1) is 31.7. The number of nitrogens with two attached hydrogens (primary N) is 4. The lowest BCUT2D eigenvalue weighted by atomic mass is 9.99. The van der Waals surface area contributed by atoms with Crippen molar-refractivity contribution in [3.05, 3.63) is 12.7 Å². The van der Waals surface area contributed by atoms with E-state index in [1.807, 2.05) is 17.8 Å². The average molecular weight is 540 g/mol. The summed E-state index contributed by atoms with van der Waals surface area (Å²) in [4.78, 5) is 12.3. The fraction of sp³-hybridized carbons (Fsp3) is 0.852. The molecule has 214 valence electrons. The van der Waals surface area contributed by atoms with Gasteiger partial charge in [-0.1, -0.05) is 44.6 Å². The van der Waals surface area contributed by atoms with Gasteiger partial charge in [0, 0.05) is 31.7 Å². The largest absolute Gasteiger partial charge is 0.374 e. The summed E-state index contributed by atoms with van der Waals surface area (Å²) in [6.07, 6.45) is 18.6. The molecule has 0 aromatic heterocycles. The van der Waals surface area contributed by atoms with Gasteiger partial charge in [0.1, 0.15) is 11.9 Å². The van der Waals surface area contributed by atoms with Crippen LogP contribution in [0, 0.1) is 0 Å². The lowest BCUT2D eigenvalue weighted by molar-refractivity contribution is -0.943. The normalized spacial score (nSPS) is 25.5. The van der Waals surface area contributed by atoms with Crippen LogP contribution >= 0.6 is 11.8 Å². The van der Waals surface area contributed by atoms with Gasteiger partial charge in [-0.15, -0.1) is 6.58 Å². The Balaban J connectivity index is 1.87. The minimum Gasteiger partial charge on any atom is -0.374 e. The maximum Gasteiger partial charge on any atom is 0.185 e. The molecule has 2 fully saturated rings. The first-order valence-electron chi connectivity index (χ1n) is 14.6. The van der Waals surface area contributed by atoms with Crippen molar-refractivity contribution in [2.24, 2.45) is 32.9 Å². The zero-order valence-electron chi connectivity index (χ0n) is 23.1. The number of aliphatic hydroxyl groups is 1. The SMILES string of the molecule is C=CCCCCCCCCCCC1(O)C(SCCN=C(N)N)CC2N1CCC[NH+]2CCCCN=C(N)N. The van der Waals surface area contributed by atoms with E-state index in [0.717, 1.165) is 70.3 Å². The van der Waals surface area contributed by atoms with Gasteiger partial charge in [0.15, 0.2) is 11.9 Å². The molecule has 0 aromatic carbocycles. The fourth-order valence-electron chi connectivity index (χ4n) is 5.93. The van der Waals surface area contributed by atoms with Gasteiger partial charge in [-0.25, -0.2) is 4.90 Å². The standard InChI is InChI=1S/C27H54N8OS/c1-2-3-4-5-6-7-8-9-10-11-15-27(36)23(37-21-17-33-26(30)31)22-24-34(19-14-20-35(24)27)18-13-12-16-32-25(28)29/h2,23-24,36H,1,3-22H2,(H4,28,29,32)(H4,30,31,33)/p+1. The molecule has 9 nitrogen and oxygen atoms in total. The molecule has 2 saturated heterocycles. The highest BCUT2D eigenvalue weighted by Gasteiger charge is 2.56. The predicted molar refractivity (Wildman–Crippen MR) is 159 cm³/mol. The zero-order chi connectivity index (χ0) is 26.9. The summed E-state index contributed by atoms with van der Waals surface area (Å²) in [5, 5.41) is 12.3. The summed E-state index contributed by atoms with van der Waals surface area (Å²) in [6, 6.07) is 0. The molecule has 0 bridgehead atoms. The van der Waals surface area contributed by atoms with Gasteiger partial charge in [0.25, 0.3) is 0 Å². The van der Waals surface area contributed by atoms with Gasteiger partial charge in [-0.05, 0) is 38.5 Å². The Morgan fingerprint density at radius 2 is 1.59 bits per heavy atom. The van der Waals surface area contributed by atoms with Crippen LogP contribution in [0.3, 0.4) is 0 Å². The maximum absolute atomic E-state index is 12.1. The van der Waals surface area contributed by atoms with Gasteiger partial charge in [-0.3, -0.25) is 9.98 Å². The molecule has 0 spiro atoms. The van der Waals surface area contributed by atoms with Crippen molar-refractivity contribution in [1.82, 2.24) is 4.90 Å². The van der Waals surface area contributed by atoms with Gasteiger partial charge < -0.3 is 32.9 Å². The maximum atomic E-state index is 12.1. The Labute approximate surface area is 229 Å². The summed E-state index contributed by atoms with van der Waals surface area (Å²) in [5.74, 6) is 1.13. The van der Waals surface area contributed by atoms with Crippen molar-refractivity contribution < 1.29 is 10.0 Å². The average Bonchev–Trinajstić information content (AvgIpc) is 3.15. The van der Waals surface area contributed by atoms with Crippen LogP contribution in [0.4, 0.5) is 0 Å². The lowest BCUT2D eigenvalue weighted by Crippen LogP contribution is -3.18. The number of fused-ring (bicyclic) bond motifs is 1. The van der Waals surface area contributed by atoms with Crippen molar-refractivity contribution in [3.63, 3.8) is 0 Å². The first-order chi connectivity index (χ1) is 17.9. The summed E-state index contributed by atoms with van der Waals surface area (Å²) < 4.78 is 0. The van der Waals surface area contributed by atoms with Gasteiger partial charge >= 0.3 is 0 Å². The molecule has 0 aromatic rings. The highest BCUT2D eigenvalue weighted by Crippen LogP contribution is 2.42. The van der Waals surface area contributed by atoms with Gasteiger partial charge in [0.05, 0.1) is 24.9 Å². The minimum absolute atomic E-state index is 0.136. The molecule has 0 radical (unpaired) electrons. The van der Waals surface area contributed by atoms with Crippen LogP contribution in [0.5, 0.6) is 0 Å². The Bertz CT molecular complexity index is 698. The summed E-state index contributed by atoms with van der Waals surface area (Å²) in [5.41, 5.74) is 21.2. The Hall–Kier alpha value is -1.49. The topological polar surface area (TPSA) is 157 Å². The van der Waals surface area contributed by atoms with Crippen molar-refractivity contribution in [2.75, 3.05) is 38.5 Å². The molecular weight excluding hydrogens is 484 g/mol. The van der Waals surface area contributed by atoms with Crippen LogP contribution in [-0.4, -0.2) is 77.5 Å². The van der Waals surface area contributed by atoms with Crippen LogP contribution in [0.2, 0.25) is 0 Å². The molecule has 10 heteroatoms. The highest BCUT2D eigenvalue weighted by atomic mass is 32.2. The van der Waals surface area contributed by atoms with Gasteiger partial charge in [-0.2, -0.15) is 11.8 Å². The number of rotatable bonds is 20. The van der Waals surface area contributed by atoms with Crippen LogP contribution < -0.4 is 27.8 Å². The third-order valence-electron chi connectivity index (χ3n) is 7.80. The number of guanidine groups is 2. The Morgan fingerprint density at radius 1 is 0.946 bits per heavy atom. The number of aliphatic imine (C=N–C) groups is 2. The molecular formula is C27H55N8OS+. The molecule has 4 atom stereocenters. The van der Waals surface area contributed by atoms with E-state index in [1.54, 1.807) is 4.90 Å². The number of nitrogens with one attached hydrogen (secondary N) is 1. The summed E-state index contributed by atoms with van der Waals surface area (Å²) in [7, 11) is 0. The van der Waals surface area contributed by atoms with E-state index in [0.29, 0.717) is 19.3 Å². The molecule has 2 aliphatic heterocycles. The molecule has 37 heavy (non-hydrogen) atoms.